The summed E-state index contributed by atoms with van der Waals surface area (Å²) in [5, 5.41) is 8.16. The Morgan fingerprint density at radius 3 is 2.94 bits per heavy atom. The first kappa shape index (κ1) is 14.9. The first-order valence-electron chi connectivity index (χ1n) is 6.39. The van der Waals surface area contributed by atoms with E-state index in [1.54, 1.807) is 6.20 Å². The van der Waals surface area contributed by atoms with E-state index in [9.17, 15) is 4.79 Å². The molecule has 0 spiro atoms. The molecular weight excluding hydrogens is 248 g/mol. The van der Waals surface area contributed by atoms with Crippen LogP contribution < -0.4 is 10.6 Å². The van der Waals surface area contributed by atoms with Gasteiger partial charge in [0.25, 0.3) is 0 Å². The van der Waals surface area contributed by atoms with Crippen LogP contribution in [0, 0.1) is 0 Å². The molecule has 2 heterocycles. The predicted octanol–water partition coefficient (Wildman–Crippen LogP) is 2.38. The van der Waals surface area contributed by atoms with Gasteiger partial charge in [-0.1, -0.05) is 13.8 Å². The monoisotopic (exact) mass is 270 g/mol. The normalized spacial score (nSPS) is 19.6. The third kappa shape index (κ3) is 5.01. The molecule has 0 aromatic carbocycles. The lowest BCUT2D eigenvalue weighted by Gasteiger charge is -2.30. The van der Waals surface area contributed by atoms with Crippen molar-refractivity contribution in [2.75, 3.05) is 25.5 Å². The van der Waals surface area contributed by atoms with Gasteiger partial charge in [0, 0.05) is 24.2 Å². The Kier molecular flexibility index (Phi) is 6.67. The number of nitrogens with zero attached hydrogens (tertiary/aromatic N) is 2. The van der Waals surface area contributed by atoms with Gasteiger partial charge in [-0.05, 0) is 26.4 Å². The highest BCUT2D eigenvalue weighted by Gasteiger charge is 2.18. The molecule has 0 unspecified atom stereocenters. The van der Waals surface area contributed by atoms with Crippen molar-refractivity contribution in [1.29, 1.82) is 0 Å². The highest BCUT2D eigenvalue weighted by Crippen LogP contribution is 2.11. The number of urea groups is 1. The third-order valence-electron chi connectivity index (χ3n) is 2.61. The van der Waals surface area contributed by atoms with Crippen molar-refractivity contribution in [2.45, 2.75) is 32.7 Å². The Bertz CT molecular complexity index is 342. The number of carbonyl (C=O) groups is 1. The molecule has 18 heavy (non-hydrogen) atoms. The third-order valence-corrected chi connectivity index (χ3v) is 3.30. The molecule has 6 heteroatoms. The van der Waals surface area contributed by atoms with Crippen molar-refractivity contribution in [3.05, 3.63) is 11.6 Å². The largest absolute Gasteiger partial charge is 0.334 e. The molecule has 1 saturated heterocycles. The fraction of sp³-hybridized carbons (Fsp3) is 0.667. The molecule has 0 bridgehead atoms. The first-order chi connectivity index (χ1) is 8.74. The summed E-state index contributed by atoms with van der Waals surface area (Å²) in [4.78, 5) is 17.8. The molecule has 1 aromatic rings. The number of carbonyl (C=O) groups excluding carboxylic acids is 1. The van der Waals surface area contributed by atoms with E-state index in [4.69, 9.17) is 0 Å². The van der Waals surface area contributed by atoms with Crippen molar-refractivity contribution < 1.29 is 4.79 Å². The summed E-state index contributed by atoms with van der Waals surface area (Å²) < 4.78 is 0. The lowest BCUT2D eigenvalue weighted by Crippen LogP contribution is -2.47. The van der Waals surface area contributed by atoms with E-state index >= 15 is 0 Å². The van der Waals surface area contributed by atoms with Crippen LogP contribution in [0.4, 0.5) is 9.93 Å². The van der Waals surface area contributed by atoms with Crippen LogP contribution >= 0.6 is 11.3 Å². The number of thiazole rings is 1. The number of anilines is 1. The van der Waals surface area contributed by atoms with E-state index in [0.717, 1.165) is 25.9 Å². The number of nitrogens with one attached hydrogen (secondary N) is 2. The maximum absolute atomic E-state index is 11.6. The van der Waals surface area contributed by atoms with Gasteiger partial charge in [-0.3, -0.25) is 5.32 Å². The fourth-order valence-electron chi connectivity index (χ4n) is 1.89. The van der Waals surface area contributed by atoms with Crippen LogP contribution in [0.1, 0.15) is 26.7 Å². The summed E-state index contributed by atoms with van der Waals surface area (Å²) in [5.41, 5.74) is 0. The van der Waals surface area contributed by atoms with E-state index in [2.05, 4.69) is 27.6 Å². The van der Waals surface area contributed by atoms with Gasteiger partial charge < -0.3 is 10.2 Å². The van der Waals surface area contributed by atoms with E-state index in [1.165, 1.54) is 11.3 Å². The van der Waals surface area contributed by atoms with Crippen LogP contribution in [0.5, 0.6) is 0 Å². The second kappa shape index (κ2) is 8.05. The molecule has 0 aliphatic carbocycles. The number of hydrogen-bond donors (Lipinski definition) is 2. The maximum Gasteiger partial charge on any atom is 0.321 e. The van der Waals surface area contributed by atoms with Gasteiger partial charge >= 0.3 is 6.03 Å². The van der Waals surface area contributed by atoms with Crippen LogP contribution in [-0.4, -0.2) is 42.1 Å². The topological polar surface area (TPSA) is 57.3 Å². The molecule has 1 atom stereocenters. The second-order valence-corrected chi connectivity index (χ2v) is 4.93. The van der Waals surface area contributed by atoms with Crippen LogP contribution in [0.25, 0.3) is 0 Å². The highest BCUT2D eigenvalue weighted by molar-refractivity contribution is 7.13. The van der Waals surface area contributed by atoms with E-state index in [-0.39, 0.29) is 12.1 Å². The number of aromatic nitrogens is 1. The summed E-state index contributed by atoms with van der Waals surface area (Å²) in [6, 6.07) is 0.0916. The number of likely N-dealkylation sites (tertiary alicyclic amines) is 1. The standard InChI is InChI=1S/C10H16N4OS.C2H6/c1-14-5-2-3-8(7-14)12-9(15)13-10-11-4-6-16-10;1-2/h4,6,8H,2-3,5,7H2,1H3,(H2,11,12,13,15);1-2H3/t8-;/m1./s1. The number of likely N-dealkylation sites (N-methyl/N-ethyl adjacent to an activating group) is 1. The predicted molar refractivity (Wildman–Crippen MR) is 76.1 cm³/mol. The molecule has 1 aliphatic rings. The SMILES string of the molecule is CC.CN1CCC[C@@H](NC(=O)Nc2nccs2)C1. The lowest BCUT2D eigenvalue weighted by atomic mass is 10.1. The maximum atomic E-state index is 11.6. The van der Waals surface area contributed by atoms with Crippen LogP contribution in [0.3, 0.4) is 0 Å². The van der Waals surface area contributed by atoms with Crippen molar-refractivity contribution in [3.63, 3.8) is 0 Å². The molecule has 0 saturated carbocycles. The summed E-state index contributed by atoms with van der Waals surface area (Å²) in [6.45, 7) is 6.04. The summed E-state index contributed by atoms with van der Waals surface area (Å²) >= 11 is 1.42. The van der Waals surface area contributed by atoms with Gasteiger partial charge in [0.15, 0.2) is 5.13 Å². The minimum absolute atomic E-state index is 0.157. The summed E-state index contributed by atoms with van der Waals surface area (Å²) in [5.74, 6) is 0. The Labute approximate surface area is 113 Å². The Hall–Kier alpha value is -1.14. The van der Waals surface area contributed by atoms with Crippen molar-refractivity contribution in [1.82, 2.24) is 15.2 Å². The van der Waals surface area contributed by atoms with Crippen molar-refractivity contribution >= 4 is 22.5 Å². The zero-order valence-electron chi connectivity index (χ0n) is 11.3. The molecule has 2 N–H and O–H groups in total. The molecule has 1 aromatic heterocycles. The van der Waals surface area contributed by atoms with Gasteiger partial charge in [0.05, 0.1) is 0 Å². The number of rotatable bonds is 2. The average Bonchev–Trinajstić information content (AvgIpc) is 2.84. The lowest BCUT2D eigenvalue weighted by molar-refractivity contribution is 0.216. The molecule has 2 amide bonds. The molecule has 1 aliphatic heterocycles. The van der Waals surface area contributed by atoms with Crippen LogP contribution in [0.2, 0.25) is 0 Å². The van der Waals surface area contributed by atoms with Gasteiger partial charge in [0.2, 0.25) is 0 Å². The molecule has 2 rings (SSSR count). The number of amides is 2. The molecule has 0 radical (unpaired) electrons. The Morgan fingerprint density at radius 1 is 1.56 bits per heavy atom. The minimum Gasteiger partial charge on any atom is -0.334 e. The van der Waals surface area contributed by atoms with Crippen LogP contribution in [-0.2, 0) is 0 Å². The zero-order chi connectivity index (χ0) is 13.4. The Balaban J connectivity index is 0.000000771. The smallest absolute Gasteiger partial charge is 0.321 e. The zero-order valence-corrected chi connectivity index (χ0v) is 12.1. The van der Waals surface area contributed by atoms with Gasteiger partial charge in [-0.2, -0.15) is 0 Å². The highest BCUT2D eigenvalue weighted by atomic mass is 32.1. The molecular formula is C12H22N4OS. The van der Waals surface area contributed by atoms with Gasteiger partial charge in [0.1, 0.15) is 0 Å². The Morgan fingerprint density at radius 2 is 2.33 bits per heavy atom. The fourth-order valence-corrected chi connectivity index (χ4v) is 2.41. The summed E-state index contributed by atoms with van der Waals surface area (Å²) in [6.07, 6.45) is 3.86. The quantitative estimate of drug-likeness (QED) is 0.867. The number of hydrogen-bond acceptors (Lipinski definition) is 4. The average molecular weight is 270 g/mol. The molecule has 102 valence electrons. The van der Waals surface area contributed by atoms with E-state index < -0.39 is 0 Å². The first-order valence-corrected chi connectivity index (χ1v) is 7.27. The minimum atomic E-state index is -0.157. The van der Waals surface area contributed by atoms with E-state index in [0.29, 0.717) is 5.13 Å². The molecule has 1 fully saturated rings. The van der Waals surface area contributed by atoms with Crippen molar-refractivity contribution in [3.8, 4) is 0 Å². The van der Waals surface area contributed by atoms with Crippen LogP contribution in [0.15, 0.2) is 11.6 Å². The van der Waals surface area contributed by atoms with Crippen molar-refractivity contribution in [2.24, 2.45) is 0 Å². The van der Waals surface area contributed by atoms with E-state index in [1.807, 2.05) is 19.2 Å². The molecule has 5 nitrogen and oxygen atoms in total. The number of piperidine rings is 1. The van der Waals surface area contributed by atoms with Gasteiger partial charge in [-0.25, -0.2) is 9.78 Å². The van der Waals surface area contributed by atoms with Gasteiger partial charge in [-0.15, -0.1) is 11.3 Å². The second-order valence-electron chi connectivity index (χ2n) is 4.04. The summed E-state index contributed by atoms with van der Waals surface area (Å²) in [7, 11) is 2.08.